The van der Waals surface area contributed by atoms with Gasteiger partial charge in [-0.3, -0.25) is 14.2 Å². The molecule has 0 spiro atoms. The lowest BCUT2D eigenvalue weighted by atomic mass is 9.72. The maximum absolute atomic E-state index is 14.1. The van der Waals surface area contributed by atoms with E-state index in [1.54, 1.807) is 47.1 Å². The van der Waals surface area contributed by atoms with Gasteiger partial charge in [-0.05, 0) is 86.4 Å². The van der Waals surface area contributed by atoms with Crippen LogP contribution in [-0.2, 0) is 22.4 Å². The van der Waals surface area contributed by atoms with Crippen molar-refractivity contribution in [3.8, 4) is 5.69 Å². The zero-order valence-electron chi connectivity index (χ0n) is 24.1. The molecule has 4 aromatic rings. The van der Waals surface area contributed by atoms with Crippen LogP contribution in [0, 0.1) is 18.3 Å². The molecule has 2 heterocycles. The molecule has 2 aromatic carbocycles. The summed E-state index contributed by atoms with van der Waals surface area (Å²) in [6, 6.07) is 14.4. The lowest BCUT2D eigenvalue weighted by Crippen LogP contribution is -2.27. The number of thioether (sulfide) groups is 1. The fourth-order valence-corrected chi connectivity index (χ4v) is 7.35. The molecule has 0 saturated carbocycles. The predicted molar refractivity (Wildman–Crippen MR) is 167 cm³/mol. The van der Waals surface area contributed by atoms with Crippen LogP contribution in [0.5, 0.6) is 0 Å². The molecule has 41 heavy (non-hydrogen) atoms. The number of nitrogens with one attached hydrogen (secondary N) is 1. The Morgan fingerprint density at radius 1 is 1.12 bits per heavy atom. The highest BCUT2D eigenvalue weighted by atomic mass is 32.2. The van der Waals surface area contributed by atoms with Crippen LogP contribution in [-0.4, -0.2) is 33.8 Å². The Bertz CT molecular complexity index is 1650. The molecule has 1 N–H and O–H groups in total. The molecular weight excluding hydrogens is 555 g/mol. The fourth-order valence-electron chi connectivity index (χ4n) is 5.20. The van der Waals surface area contributed by atoms with Gasteiger partial charge in [0.15, 0.2) is 5.16 Å². The summed E-state index contributed by atoms with van der Waals surface area (Å²) in [5, 5.41) is 4.07. The first-order chi connectivity index (χ1) is 19.5. The number of ether oxygens (including phenoxy) is 1. The summed E-state index contributed by atoms with van der Waals surface area (Å²) in [6.07, 6.45) is 2.90. The summed E-state index contributed by atoms with van der Waals surface area (Å²) < 4.78 is 6.66. The lowest BCUT2D eigenvalue weighted by molar-refractivity contribution is -0.113. The topological polar surface area (TPSA) is 90.3 Å². The van der Waals surface area contributed by atoms with E-state index in [2.05, 4.69) is 26.1 Å². The van der Waals surface area contributed by atoms with E-state index in [1.807, 2.05) is 31.2 Å². The molecule has 5 rings (SSSR count). The highest BCUT2D eigenvalue weighted by Gasteiger charge is 2.32. The maximum atomic E-state index is 14.1. The Labute approximate surface area is 248 Å². The summed E-state index contributed by atoms with van der Waals surface area (Å²) in [7, 11) is 0. The molecule has 1 aliphatic carbocycles. The third kappa shape index (κ3) is 6.26. The number of nitrogens with zero attached hydrogens (tertiary/aromatic N) is 2. The number of amides is 1. The number of fused-ring (bicyclic) bond motifs is 3. The zero-order valence-corrected chi connectivity index (χ0v) is 25.7. The number of hydrogen-bond acceptors (Lipinski definition) is 7. The number of benzene rings is 2. The Hall–Kier alpha value is -3.43. The molecule has 0 fully saturated rings. The third-order valence-electron chi connectivity index (χ3n) is 7.58. The minimum atomic E-state index is -0.402. The van der Waals surface area contributed by atoms with Gasteiger partial charge in [0.25, 0.3) is 5.56 Å². The van der Waals surface area contributed by atoms with E-state index in [4.69, 9.17) is 9.72 Å². The minimum absolute atomic E-state index is 0.0701. The molecule has 7 nitrogen and oxygen atoms in total. The Morgan fingerprint density at radius 3 is 2.49 bits per heavy atom. The van der Waals surface area contributed by atoms with Gasteiger partial charge in [0.2, 0.25) is 5.91 Å². The van der Waals surface area contributed by atoms with Gasteiger partial charge in [-0.15, -0.1) is 11.3 Å². The van der Waals surface area contributed by atoms with Crippen LogP contribution in [0.4, 0.5) is 5.69 Å². The van der Waals surface area contributed by atoms with Crippen molar-refractivity contribution in [3.05, 3.63) is 80.5 Å². The largest absolute Gasteiger partial charge is 0.462 e. The van der Waals surface area contributed by atoms with Gasteiger partial charge in [0.05, 0.1) is 29.0 Å². The second-order valence-corrected chi connectivity index (χ2v) is 13.5. The second-order valence-electron chi connectivity index (χ2n) is 11.5. The summed E-state index contributed by atoms with van der Waals surface area (Å²) in [6.45, 7) is 10.9. The van der Waals surface area contributed by atoms with Crippen molar-refractivity contribution >= 4 is 50.9 Å². The molecule has 1 amide bonds. The van der Waals surface area contributed by atoms with Crippen LogP contribution in [0.1, 0.15) is 60.5 Å². The van der Waals surface area contributed by atoms with Gasteiger partial charge in [-0.1, -0.05) is 50.2 Å². The maximum Gasteiger partial charge on any atom is 0.338 e. The van der Waals surface area contributed by atoms with Crippen molar-refractivity contribution in [3.63, 3.8) is 0 Å². The van der Waals surface area contributed by atoms with Crippen LogP contribution >= 0.6 is 23.1 Å². The van der Waals surface area contributed by atoms with Gasteiger partial charge in [-0.25, -0.2) is 9.78 Å². The Balaban J connectivity index is 1.43. The summed E-state index contributed by atoms with van der Waals surface area (Å²) >= 11 is 2.86. The molecule has 1 unspecified atom stereocenters. The number of carbonyl (C=O) groups excluding carboxylic acids is 2. The van der Waals surface area contributed by atoms with Crippen LogP contribution in [0.15, 0.2) is 58.5 Å². The number of thiophene rings is 1. The lowest BCUT2D eigenvalue weighted by Gasteiger charge is -2.33. The van der Waals surface area contributed by atoms with Gasteiger partial charge < -0.3 is 10.1 Å². The van der Waals surface area contributed by atoms with Crippen LogP contribution in [0.25, 0.3) is 15.9 Å². The highest BCUT2D eigenvalue weighted by molar-refractivity contribution is 7.99. The summed E-state index contributed by atoms with van der Waals surface area (Å²) in [4.78, 5) is 45.9. The number of carbonyl (C=O) groups is 2. The molecule has 1 aliphatic rings. The highest BCUT2D eigenvalue weighted by Crippen LogP contribution is 2.42. The predicted octanol–water partition coefficient (Wildman–Crippen LogP) is 6.81. The molecule has 0 bridgehead atoms. The second kappa shape index (κ2) is 11.8. The van der Waals surface area contributed by atoms with Gasteiger partial charge >= 0.3 is 5.97 Å². The van der Waals surface area contributed by atoms with Gasteiger partial charge in [-0.2, -0.15) is 0 Å². The Morgan fingerprint density at radius 2 is 1.83 bits per heavy atom. The molecule has 0 radical (unpaired) electrons. The summed E-state index contributed by atoms with van der Waals surface area (Å²) in [5.74, 6) is -0.00482. The van der Waals surface area contributed by atoms with Crippen molar-refractivity contribution in [1.29, 1.82) is 0 Å². The van der Waals surface area contributed by atoms with Crippen molar-refractivity contribution in [1.82, 2.24) is 9.55 Å². The van der Waals surface area contributed by atoms with Gasteiger partial charge in [0, 0.05) is 10.6 Å². The van der Waals surface area contributed by atoms with E-state index in [9.17, 15) is 14.4 Å². The van der Waals surface area contributed by atoms with E-state index >= 15 is 0 Å². The number of rotatable bonds is 7. The van der Waals surface area contributed by atoms with Crippen molar-refractivity contribution < 1.29 is 14.3 Å². The first kappa shape index (κ1) is 29.1. The molecule has 2 aromatic heterocycles. The SMILES string of the molecule is CCOC(=O)c1ccc(NC(=O)CSc2nc3sc4c(c3c(=O)n2-c2ccc(C)cc2)CCC(C(C)(C)C)C4)cc1. The van der Waals surface area contributed by atoms with E-state index < -0.39 is 5.97 Å². The standard InChI is InChI=1S/C32H35N3O4S2/c1-6-39-30(38)20-9-12-22(13-10-20)33-26(36)18-40-31-34-28-27(29(37)35(31)23-14-7-19(2)8-15-23)24-16-11-21(32(3,4)5)17-25(24)41-28/h7-10,12-15,21H,6,11,16-18H2,1-5H3,(H,33,36). The van der Waals surface area contributed by atoms with E-state index in [1.165, 1.54) is 16.6 Å². The molecule has 0 saturated heterocycles. The van der Waals surface area contributed by atoms with Gasteiger partial charge in [0.1, 0.15) is 4.83 Å². The van der Waals surface area contributed by atoms with Crippen molar-refractivity contribution in [2.75, 3.05) is 17.7 Å². The van der Waals surface area contributed by atoms with E-state index in [0.717, 1.165) is 40.9 Å². The molecule has 214 valence electrons. The van der Waals surface area contributed by atoms with Crippen LogP contribution in [0.2, 0.25) is 0 Å². The smallest absolute Gasteiger partial charge is 0.338 e. The first-order valence-electron chi connectivity index (χ1n) is 13.9. The fraction of sp³-hybridized carbons (Fsp3) is 0.375. The monoisotopic (exact) mass is 589 g/mol. The molecule has 0 aliphatic heterocycles. The zero-order chi connectivity index (χ0) is 29.3. The molecule has 1 atom stereocenters. The number of aromatic nitrogens is 2. The quantitative estimate of drug-likeness (QED) is 0.145. The van der Waals surface area contributed by atoms with Crippen LogP contribution < -0.4 is 10.9 Å². The number of aryl methyl sites for hydroxylation is 2. The van der Waals surface area contributed by atoms with Crippen molar-refractivity contribution in [2.45, 2.75) is 59.0 Å². The average molecular weight is 590 g/mol. The summed E-state index contributed by atoms with van der Waals surface area (Å²) in [5.41, 5.74) is 4.09. The number of hydrogen-bond donors (Lipinski definition) is 1. The third-order valence-corrected chi connectivity index (χ3v) is 9.67. The van der Waals surface area contributed by atoms with Crippen LogP contribution in [0.3, 0.4) is 0 Å². The molecule has 9 heteroatoms. The number of esters is 1. The minimum Gasteiger partial charge on any atom is -0.462 e. The average Bonchev–Trinajstić information content (AvgIpc) is 3.31. The Kier molecular flexibility index (Phi) is 8.38. The normalized spacial score (nSPS) is 15.0. The number of anilines is 1. The van der Waals surface area contributed by atoms with E-state index in [0.29, 0.717) is 34.3 Å². The van der Waals surface area contributed by atoms with E-state index in [-0.39, 0.29) is 22.6 Å². The first-order valence-corrected chi connectivity index (χ1v) is 15.7. The molecular formula is C32H35N3O4S2. The van der Waals surface area contributed by atoms with Crippen molar-refractivity contribution in [2.24, 2.45) is 11.3 Å².